The third-order valence-corrected chi connectivity index (χ3v) is 3.44. The number of phenols is 1. The van der Waals surface area contributed by atoms with Crippen LogP contribution in [0.3, 0.4) is 0 Å². The van der Waals surface area contributed by atoms with E-state index in [4.69, 9.17) is 10.5 Å². The molecule has 1 atom stereocenters. The number of phenolic OH excluding ortho intramolecular Hbond substituents is 1. The van der Waals surface area contributed by atoms with Crippen molar-refractivity contribution < 1.29 is 14.6 Å². The van der Waals surface area contributed by atoms with Gasteiger partial charge in [0, 0.05) is 25.7 Å². The van der Waals surface area contributed by atoms with E-state index in [1.807, 2.05) is 0 Å². The molecule has 0 saturated carbocycles. The Bertz CT molecular complexity index is 460. The second-order valence-corrected chi connectivity index (χ2v) is 5.31. The summed E-state index contributed by atoms with van der Waals surface area (Å²) in [4.78, 5) is 13.8. The summed E-state index contributed by atoms with van der Waals surface area (Å²) >= 11 is 0. The number of aromatic hydroxyl groups is 1. The van der Waals surface area contributed by atoms with Gasteiger partial charge in [0.05, 0.1) is 12.7 Å². The summed E-state index contributed by atoms with van der Waals surface area (Å²) in [6.07, 6.45) is 0.733. The topological polar surface area (TPSA) is 75.8 Å². The average molecular weight is 280 g/mol. The lowest BCUT2D eigenvalue weighted by Crippen LogP contribution is -2.34. The van der Waals surface area contributed by atoms with Gasteiger partial charge in [0.25, 0.3) is 5.91 Å². The number of carbonyl (C=O) groups is 1. The summed E-state index contributed by atoms with van der Waals surface area (Å²) in [5, 5.41) is 9.86. The van der Waals surface area contributed by atoms with Crippen LogP contribution in [0.2, 0.25) is 0 Å². The van der Waals surface area contributed by atoms with Crippen molar-refractivity contribution in [1.82, 2.24) is 4.90 Å². The van der Waals surface area contributed by atoms with Gasteiger partial charge < -0.3 is 20.5 Å². The lowest BCUT2D eigenvalue weighted by Gasteiger charge is -2.22. The first-order valence-corrected chi connectivity index (χ1v) is 6.74. The molecule has 0 aromatic heterocycles. The highest BCUT2D eigenvalue weighted by molar-refractivity contribution is 5.96. The molecule has 1 amide bonds. The first-order chi connectivity index (χ1) is 9.36. The fourth-order valence-corrected chi connectivity index (χ4v) is 1.80. The van der Waals surface area contributed by atoms with Crippen molar-refractivity contribution in [2.75, 3.05) is 20.7 Å². The molecule has 1 aromatic carbocycles. The Morgan fingerprint density at radius 2 is 2.10 bits per heavy atom. The second-order valence-electron chi connectivity index (χ2n) is 5.31. The van der Waals surface area contributed by atoms with Crippen molar-refractivity contribution in [3.05, 3.63) is 23.8 Å². The number of hydrogen-bond acceptors (Lipinski definition) is 4. The zero-order valence-electron chi connectivity index (χ0n) is 12.6. The van der Waals surface area contributed by atoms with E-state index in [1.54, 1.807) is 24.1 Å². The van der Waals surface area contributed by atoms with Crippen LogP contribution in [0.1, 0.15) is 30.6 Å². The maximum atomic E-state index is 12.2. The van der Waals surface area contributed by atoms with Gasteiger partial charge in [0.15, 0.2) is 0 Å². The predicted molar refractivity (Wildman–Crippen MR) is 79.0 cm³/mol. The van der Waals surface area contributed by atoms with Gasteiger partial charge in [0.1, 0.15) is 11.5 Å². The Kier molecular flexibility index (Phi) is 5.82. The van der Waals surface area contributed by atoms with Crippen LogP contribution in [0.15, 0.2) is 18.2 Å². The van der Waals surface area contributed by atoms with Crippen LogP contribution in [0.25, 0.3) is 0 Å². The number of carbonyl (C=O) groups excluding carboxylic acids is 1. The van der Waals surface area contributed by atoms with E-state index in [-0.39, 0.29) is 23.3 Å². The van der Waals surface area contributed by atoms with Crippen molar-refractivity contribution in [1.29, 1.82) is 0 Å². The van der Waals surface area contributed by atoms with E-state index in [2.05, 4.69) is 13.8 Å². The van der Waals surface area contributed by atoms with Crippen molar-refractivity contribution in [2.45, 2.75) is 26.3 Å². The maximum absolute atomic E-state index is 12.2. The van der Waals surface area contributed by atoms with Gasteiger partial charge in [-0.2, -0.15) is 0 Å². The first kappa shape index (κ1) is 16.3. The largest absolute Gasteiger partial charge is 0.507 e. The van der Waals surface area contributed by atoms with Crippen molar-refractivity contribution in [2.24, 2.45) is 11.7 Å². The van der Waals surface area contributed by atoms with Crippen LogP contribution in [-0.2, 0) is 0 Å². The van der Waals surface area contributed by atoms with Gasteiger partial charge in [-0.1, -0.05) is 13.8 Å². The van der Waals surface area contributed by atoms with Gasteiger partial charge in [-0.3, -0.25) is 4.79 Å². The Morgan fingerprint density at radius 3 is 2.60 bits per heavy atom. The smallest absolute Gasteiger partial charge is 0.257 e. The summed E-state index contributed by atoms with van der Waals surface area (Å²) in [6, 6.07) is 4.71. The van der Waals surface area contributed by atoms with Crippen molar-refractivity contribution in [3.63, 3.8) is 0 Å². The highest BCUT2D eigenvalue weighted by atomic mass is 16.5. The molecular formula is C15H24N2O3. The quantitative estimate of drug-likeness (QED) is 0.833. The van der Waals surface area contributed by atoms with E-state index in [9.17, 15) is 9.90 Å². The highest BCUT2D eigenvalue weighted by Gasteiger charge is 2.17. The Hall–Kier alpha value is -1.75. The van der Waals surface area contributed by atoms with Crippen LogP contribution in [0.5, 0.6) is 11.5 Å². The molecule has 0 bridgehead atoms. The minimum Gasteiger partial charge on any atom is -0.507 e. The minimum atomic E-state index is -0.221. The molecule has 1 unspecified atom stereocenters. The molecule has 1 aromatic rings. The molecule has 0 spiro atoms. The molecule has 0 aliphatic carbocycles. The molecular weight excluding hydrogens is 256 g/mol. The van der Waals surface area contributed by atoms with Crippen molar-refractivity contribution in [3.8, 4) is 11.5 Å². The number of nitrogens with two attached hydrogens (primary N) is 1. The molecule has 0 radical (unpaired) electrons. The maximum Gasteiger partial charge on any atom is 0.257 e. The Morgan fingerprint density at radius 1 is 1.45 bits per heavy atom. The number of rotatable bonds is 6. The highest BCUT2D eigenvalue weighted by Crippen LogP contribution is 2.24. The van der Waals surface area contributed by atoms with E-state index in [0.29, 0.717) is 18.2 Å². The van der Waals surface area contributed by atoms with E-state index in [1.165, 1.54) is 13.2 Å². The fraction of sp³-hybridized carbons (Fsp3) is 0.533. The minimum absolute atomic E-state index is 0.0646. The molecule has 5 nitrogen and oxygen atoms in total. The van der Waals surface area contributed by atoms with Crippen LogP contribution < -0.4 is 10.5 Å². The Balaban J connectivity index is 2.69. The summed E-state index contributed by atoms with van der Waals surface area (Å²) in [7, 11) is 3.22. The molecule has 20 heavy (non-hydrogen) atoms. The summed E-state index contributed by atoms with van der Waals surface area (Å²) < 4.78 is 4.99. The van der Waals surface area contributed by atoms with E-state index >= 15 is 0 Å². The molecule has 0 fully saturated rings. The molecule has 0 aliphatic rings. The number of amides is 1. The monoisotopic (exact) mass is 280 g/mol. The van der Waals surface area contributed by atoms with E-state index in [0.717, 1.165) is 6.42 Å². The predicted octanol–water partition coefficient (Wildman–Crippen LogP) is 1.85. The molecule has 0 aliphatic heterocycles. The molecule has 112 valence electrons. The first-order valence-electron chi connectivity index (χ1n) is 6.74. The number of methoxy groups -OCH3 is 1. The van der Waals surface area contributed by atoms with Gasteiger partial charge in [0.2, 0.25) is 0 Å². The third-order valence-electron chi connectivity index (χ3n) is 3.44. The van der Waals surface area contributed by atoms with Gasteiger partial charge in [-0.05, 0) is 24.5 Å². The van der Waals surface area contributed by atoms with Crippen LogP contribution >= 0.6 is 0 Å². The van der Waals surface area contributed by atoms with Crippen LogP contribution in [-0.4, -0.2) is 42.7 Å². The average Bonchev–Trinajstić information content (AvgIpc) is 2.43. The molecule has 1 rings (SSSR count). The van der Waals surface area contributed by atoms with Gasteiger partial charge >= 0.3 is 0 Å². The zero-order chi connectivity index (χ0) is 15.3. The third kappa shape index (κ3) is 4.13. The number of benzene rings is 1. The fourth-order valence-electron chi connectivity index (χ4n) is 1.80. The number of ether oxygens (including phenoxy) is 1. The van der Waals surface area contributed by atoms with Crippen LogP contribution in [0, 0.1) is 5.92 Å². The SMILES string of the molecule is COc1ccc(C(=O)N(C)CCC(N)C(C)C)c(O)c1. The van der Waals surface area contributed by atoms with Crippen LogP contribution in [0.4, 0.5) is 0 Å². The zero-order valence-corrected chi connectivity index (χ0v) is 12.6. The van der Waals surface area contributed by atoms with Gasteiger partial charge in [-0.25, -0.2) is 0 Å². The standard InChI is InChI=1S/C15H24N2O3/c1-10(2)13(16)7-8-17(3)15(19)12-6-5-11(20-4)9-14(12)18/h5-6,9-10,13,18H,7-8,16H2,1-4H3. The molecule has 5 heteroatoms. The molecule has 0 saturated heterocycles. The summed E-state index contributed by atoms with van der Waals surface area (Å²) in [5.74, 6) is 0.604. The normalized spacial score (nSPS) is 12.3. The van der Waals surface area contributed by atoms with E-state index < -0.39 is 0 Å². The lowest BCUT2D eigenvalue weighted by molar-refractivity contribution is 0.0786. The molecule has 3 N–H and O–H groups in total. The van der Waals surface area contributed by atoms with Gasteiger partial charge in [-0.15, -0.1) is 0 Å². The summed E-state index contributed by atoms with van der Waals surface area (Å²) in [6.45, 7) is 4.67. The molecule has 0 heterocycles. The summed E-state index contributed by atoms with van der Waals surface area (Å²) in [5.41, 5.74) is 6.24. The number of hydrogen-bond donors (Lipinski definition) is 2. The lowest BCUT2D eigenvalue weighted by atomic mass is 10.0. The number of nitrogens with zero attached hydrogens (tertiary/aromatic N) is 1. The second kappa shape index (κ2) is 7.14. The Labute approximate surface area is 120 Å². The van der Waals surface area contributed by atoms with Crippen molar-refractivity contribution >= 4 is 5.91 Å².